The first-order chi connectivity index (χ1) is 17.8. The van der Waals surface area contributed by atoms with Gasteiger partial charge >= 0.3 is 0 Å². The molecule has 0 saturated heterocycles. The van der Waals surface area contributed by atoms with Gasteiger partial charge in [0.15, 0.2) is 6.61 Å². The fourth-order valence-electron chi connectivity index (χ4n) is 3.66. The number of nitrogens with zero attached hydrogens (tertiary/aromatic N) is 3. The lowest BCUT2D eigenvalue weighted by Gasteiger charge is -2.14. The Kier molecular flexibility index (Phi) is 8.56. The van der Waals surface area contributed by atoms with Gasteiger partial charge in [-0.25, -0.2) is 4.98 Å². The lowest BCUT2D eigenvalue weighted by molar-refractivity contribution is -0.118. The molecule has 1 heterocycles. The molecule has 1 amide bonds. The first kappa shape index (κ1) is 26.8. The second-order valence-corrected chi connectivity index (χ2v) is 10.4. The minimum atomic E-state index is -0.251. The molecule has 4 rings (SSSR count). The lowest BCUT2D eigenvalue weighted by atomic mass is 10.1. The van der Waals surface area contributed by atoms with E-state index >= 15 is 0 Å². The Morgan fingerprint density at radius 1 is 1.16 bits per heavy atom. The maximum Gasteiger partial charge on any atom is 0.282 e. The molecular weight excluding hydrogens is 600 g/mol. The maximum atomic E-state index is 13.3. The highest BCUT2D eigenvalue weighted by Crippen LogP contribution is 2.26. The van der Waals surface area contributed by atoms with Crippen LogP contribution in [-0.4, -0.2) is 28.4 Å². The first-order valence-electron chi connectivity index (χ1n) is 11.8. The number of hydrogen-bond donors (Lipinski definition) is 1. The number of aryl methyl sites for hydroxylation is 1. The Hall–Kier alpha value is -3.30. The minimum absolute atomic E-state index is 0.0474. The smallest absolute Gasteiger partial charge is 0.282 e. The van der Waals surface area contributed by atoms with Gasteiger partial charge < -0.3 is 10.1 Å². The third kappa shape index (κ3) is 6.34. The van der Waals surface area contributed by atoms with Crippen molar-refractivity contribution >= 4 is 60.6 Å². The summed E-state index contributed by atoms with van der Waals surface area (Å²) in [5, 5.41) is 7.84. The molecule has 9 heteroatoms. The number of anilines is 1. The van der Waals surface area contributed by atoms with Crippen molar-refractivity contribution in [3.8, 4) is 5.75 Å². The maximum absolute atomic E-state index is 13.3. The second-order valence-electron chi connectivity index (χ2n) is 8.64. The molecule has 0 radical (unpaired) electrons. The van der Waals surface area contributed by atoms with Gasteiger partial charge in [-0.1, -0.05) is 48.0 Å². The molecule has 0 unspecified atom stereocenters. The zero-order valence-corrected chi connectivity index (χ0v) is 23.8. The Balaban J connectivity index is 1.53. The summed E-state index contributed by atoms with van der Waals surface area (Å²) < 4.78 is 8.54. The molecule has 0 bridgehead atoms. The molecule has 0 spiro atoms. The second kappa shape index (κ2) is 11.8. The number of benzene rings is 3. The van der Waals surface area contributed by atoms with Crippen LogP contribution in [-0.2, 0) is 4.79 Å². The predicted molar refractivity (Wildman–Crippen MR) is 155 cm³/mol. The van der Waals surface area contributed by atoms with Crippen LogP contribution in [0, 0.1) is 6.92 Å². The molecule has 190 valence electrons. The van der Waals surface area contributed by atoms with Crippen LogP contribution in [0.2, 0.25) is 0 Å². The quantitative estimate of drug-likeness (QED) is 0.222. The van der Waals surface area contributed by atoms with Gasteiger partial charge in [0.25, 0.3) is 11.5 Å². The van der Waals surface area contributed by atoms with Crippen LogP contribution >= 0.6 is 31.9 Å². The fraction of sp³-hybridized carbons (Fsp3) is 0.214. The largest absolute Gasteiger partial charge is 0.483 e. The fourth-order valence-corrected chi connectivity index (χ4v) is 4.53. The predicted octanol–water partition coefficient (Wildman–Crippen LogP) is 6.64. The van der Waals surface area contributed by atoms with Crippen LogP contribution in [0.15, 0.2) is 79.5 Å². The molecule has 0 fully saturated rings. The summed E-state index contributed by atoms with van der Waals surface area (Å²) >= 11 is 6.93. The summed E-state index contributed by atoms with van der Waals surface area (Å²) in [7, 11) is 0. The molecule has 7 nitrogen and oxygen atoms in total. The summed E-state index contributed by atoms with van der Waals surface area (Å²) in [6.07, 6.45) is 2.43. The summed E-state index contributed by atoms with van der Waals surface area (Å²) in [6.45, 7) is 5.87. The van der Waals surface area contributed by atoms with Crippen molar-refractivity contribution in [2.24, 2.45) is 5.10 Å². The van der Waals surface area contributed by atoms with Crippen molar-refractivity contribution < 1.29 is 9.53 Å². The average molecular weight is 626 g/mol. The number of aromatic nitrogens is 2. The van der Waals surface area contributed by atoms with E-state index in [9.17, 15) is 9.59 Å². The molecule has 0 aliphatic carbocycles. The molecule has 3 aromatic carbocycles. The molecule has 1 aromatic heterocycles. The van der Waals surface area contributed by atoms with Gasteiger partial charge in [0.05, 0.1) is 21.6 Å². The number of nitrogens with one attached hydrogen (secondary N) is 1. The third-order valence-corrected chi connectivity index (χ3v) is 7.06. The van der Waals surface area contributed by atoms with Crippen LogP contribution in [0.1, 0.15) is 43.1 Å². The third-order valence-electron chi connectivity index (χ3n) is 5.94. The van der Waals surface area contributed by atoms with Crippen molar-refractivity contribution in [3.63, 3.8) is 0 Å². The summed E-state index contributed by atoms with van der Waals surface area (Å²) in [4.78, 5) is 30.3. The molecule has 0 aliphatic heterocycles. The van der Waals surface area contributed by atoms with E-state index in [2.05, 4.69) is 42.3 Å². The normalized spacial score (nSPS) is 12.1. The number of para-hydroxylation sites is 1. The topological polar surface area (TPSA) is 85.6 Å². The molecule has 1 N–H and O–H groups in total. The number of ether oxygens (including phenoxy) is 1. The first-order valence-corrected chi connectivity index (χ1v) is 13.4. The molecule has 37 heavy (non-hydrogen) atoms. The number of amides is 1. The van der Waals surface area contributed by atoms with E-state index in [0.717, 1.165) is 27.7 Å². The average Bonchev–Trinajstić information content (AvgIpc) is 2.88. The monoisotopic (exact) mass is 624 g/mol. The number of rotatable bonds is 8. The Morgan fingerprint density at radius 2 is 1.95 bits per heavy atom. The number of halogens is 2. The van der Waals surface area contributed by atoms with E-state index < -0.39 is 0 Å². The standard InChI is InChI=1S/C28H26Br2N4O3/c1-4-17(2)27-33-24-11-10-20(29)14-21(24)28(36)34(27)31-15-19-9-12-25(22(30)13-19)37-16-26(35)32-23-8-6-5-7-18(23)3/h5-15,17H,4,16H2,1-3H3,(H,32,35)/t17-/m1/s1. The molecule has 0 aliphatic rings. The number of fused-ring (bicyclic) bond motifs is 1. The minimum Gasteiger partial charge on any atom is -0.483 e. The molecule has 0 saturated carbocycles. The van der Waals surface area contributed by atoms with Gasteiger partial charge in [0.1, 0.15) is 11.6 Å². The van der Waals surface area contributed by atoms with Crippen LogP contribution < -0.4 is 15.6 Å². The van der Waals surface area contributed by atoms with E-state index in [4.69, 9.17) is 9.72 Å². The van der Waals surface area contributed by atoms with Gasteiger partial charge in [-0.05, 0) is 82.9 Å². The van der Waals surface area contributed by atoms with Crippen LogP contribution in [0.25, 0.3) is 10.9 Å². The highest BCUT2D eigenvalue weighted by atomic mass is 79.9. The summed E-state index contributed by atoms with van der Waals surface area (Å²) in [5.74, 6) is 0.925. The van der Waals surface area contributed by atoms with Gasteiger partial charge in [-0.15, -0.1) is 0 Å². The Labute approximate surface area is 231 Å². The SMILES string of the molecule is CC[C@@H](C)c1nc2ccc(Br)cc2c(=O)n1N=Cc1ccc(OCC(=O)Nc2ccccc2C)c(Br)c1. The van der Waals surface area contributed by atoms with E-state index in [1.165, 1.54) is 4.68 Å². The van der Waals surface area contributed by atoms with E-state index in [1.54, 1.807) is 18.3 Å². The van der Waals surface area contributed by atoms with Crippen molar-refractivity contribution in [1.82, 2.24) is 9.66 Å². The zero-order chi connectivity index (χ0) is 26.5. The highest BCUT2D eigenvalue weighted by molar-refractivity contribution is 9.10. The van der Waals surface area contributed by atoms with Crippen LogP contribution in [0.5, 0.6) is 5.75 Å². The number of carbonyl (C=O) groups excluding carboxylic acids is 1. The molecular formula is C28H26Br2N4O3. The molecule has 4 aromatic rings. The van der Waals surface area contributed by atoms with Gasteiger partial charge in [-0.3, -0.25) is 9.59 Å². The molecule has 1 atom stereocenters. The number of carbonyl (C=O) groups is 1. The van der Waals surface area contributed by atoms with Crippen molar-refractivity contribution in [1.29, 1.82) is 0 Å². The van der Waals surface area contributed by atoms with E-state index in [-0.39, 0.29) is 24.0 Å². The van der Waals surface area contributed by atoms with E-state index in [0.29, 0.717) is 26.9 Å². The lowest BCUT2D eigenvalue weighted by Crippen LogP contribution is -2.23. The highest BCUT2D eigenvalue weighted by Gasteiger charge is 2.16. The van der Waals surface area contributed by atoms with Gasteiger partial charge in [0, 0.05) is 16.1 Å². The van der Waals surface area contributed by atoms with Crippen molar-refractivity contribution in [2.75, 3.05) is 11.9 Å². The van der Waals surface area contributed by atoms with Crippen LogP contribution in [0.3, 0.4) is 0 Å². The van der Waals surface area contributed by atoms with Gasteiger partial charge in [0.2, 0.25) is 0 Å². The zero-order valence-electron chi connectivity index (χ0n) is 20.7. The Morgan fingerprint density at radius 3 is 2.68 bits per heavy atom. The number of hydrogen-bond acceptors (Lipinski definition) is 5. The van der Waals surface area contributed by atoms with E-state index in [1.807, 2.05) is 69.3 Å². The van der Waals surface area contributed by atoms with Crippen LogP contribution in [0.4, 0.5) is 5.69 Å². The van der Waals surface area contributed by atoms with Crippen molar-refractivity contribution in [3.05, 3.63) is 96.9 Å². The summed E-state index contributed by atoms with van der Waals surface area (Å²) in [5.41, 5.74) is 2.90. The Bertz CT molecular complexity index is 1550. The van der Waals surface area contributed by atoms with Crippen molar-refractivity contribution in [2.45, 2.75) is 33.1 Å². The summed E-state index contributed by atoms with van der Waals surface area (Å²) in [6, 6.07) is 18.4. The van der Waals surface area contributed by atoms with Gasteiger partial charge in [-0.2, -0.15) is 9.78 Å².